The van der Waals surface area contributed by atoms with E-state index in [1.807, 2.05) is 30.7 Å². The van der Waals surface area contributed by atoms with E-state index in [-0.39, 0.29) is 5.91 Å². The molecule has 7 heteroatoms. The maximum Gasteiger partial charge on any atom is 0.251 e. The number of allylic oxidation sites excluding steroid dienone is 1. The van der Waals surface area contributed by atoms with Gasteiger partial charge in [0.15, 0.2) is 0 Å². The number of aliphatic imine (C=N–C) groups is 1. The van der Waals surface area contributed by atoms with Gasteiger partial charge in [0, 0.05) is 20.9 Å². The minimum absolute atomic E-state index is 0.0867. The van der Waals surface area contributed by atoms with E-state index in [4.69, 9.17) is 28.3 Å². The number of amides is 1. The van der Waals surface area contributed by atoms with E-state index in [9.17, 15) is 4.79 Å². The minimum Gasteiger partial charge on any atom is -0.272 e. The van der Waals surface area contributed by atoms with Gasteiger partial charge in [-0.15, -0.1) is 11.3 Å². The lowest BCUT2D eigenvalue weighted by molar-refractivity contribution is -0.126. The number of rotatable bonds is 6. The molecule has 0 bridgehead atoms. The normalized spacial score (nSPS) is 18.2. The zero-order valence-corrected chi connectivity index (χ0v) is 23.2. The molecule has 0 saturated heterocycles. The summed E-state index contributed by atoms with van der Waals surface area (Å²) in [6.07, 6.45) is 8.05. The van der Waals surface area contributed by atoms with E-state index in [0.29, 0.717) is 22.4 Å². The highest BCUT2D eigenvalue weighted by atomic mass is 35.5. The zero-order valence-electron chi connectivity index (χ0n) is 20.9. The van der Waals surface area contributed by atoms with Crippen LogP contribution in [-0.4, -0.2) is 21.4 Å². The molecule has 0 spiro atoms. The molecule has 0 saturated carbocycles. The summed E-state index contributed by atoms with van der Waals surface area (Å²) in [4.78, 5) is 19.8. The highest BCUT2D eigenvalue weighted by molar-refractivity contribution is 7.16. The number of hydrogen-bond acceptors (Lipinski definition) is 3. The van der Waals surface area contributed by atoms with Gasteiger partial charge >= 0.3 is 0 Å². The predicted octanol–water partition coefficient (Wildman–Crippen LogP) is 8.80. The van der Waals surface area contributed by atoms with Crippen LogP contribution in [0.15, 0.2) is 41.4 Å². The Bertz CT molecular complexity index is 1320. The topological polar surface area (TPSA) is 47.2 Å². The van der Waals surface area contributed by atoms with Crippen molar-refractivity contribution in [2.24, 2.45) is 16.3 Å². The summed E-state index contributed by atoms with van der Waals surface area (Å²) in [7, 11) is 0. The lowest BCUT2D eigenvalue weighted by Gasteiger charge is -2.21. The fourth-order valence-electron chi connectivity index (χ4n) is 4.65. The Hall–Kier alpha value is -2.21. The lowest BCUT2D eigenvalue weighted by atomic mass is 9.82. The number of carbonyl (C=O) groups excluding carboxylic acids is 1. The maximum atomic E-state index is 13.0. The number of carbonyl (C=O) groups is 1. The molecule has 0 fully saturated rings. The monoisotopic (exact) mass is 527 g/mol. The molecule has 0 aliphatic carbocycles. The Balaban J connectivity index is 1.89. The fourth-order valence-corrected chi connectivity index (χ4v) is 6.17. The molecule has 1 aromatic carbocycles. The van der Waals surface area contributed by atoms with Gasteiger partial charge in [0.05, 0.1) is 27.0 Å². The van der Waals surface area contributed by atoms with Crippen LogP contribution in [0.4, 0.5) is 0 Å². The molecular weight excluding hydrogens is 497 g/mol. The largest absolute Gasteiger partial charge is 0.272 e. The molecule has 1 aliphatic heterocycles. The van der Waals surface area contributed by atoms with Gasteiger partial charge in [-0.1, -0.05) is 63.4 Å². The number of thiophene rings is 1. The molecule has 1 unspecified atom stereocenters. The van der Waals surface area contributed by atoms with Gasteiger partial charge in [-0.05, 0) is 68.5 Å². The van der Waals surface area contributed by atoms with Crippen molar-refractivity contribution in [3.8, 4) is 16.3 Å². The Morgan fingerprint density at radius 3 is 2.71 bits per heavy atom. The van der Waals surface area contributed by atoms with Crippen LogP contribution in [0, 0.1) is 18.3 Å². The second-order valence-corrected chi connectivity index (χ2v) is 11.9. The number of hydrogen-bond donors (Lipinski definition) is 0. The van der Waals surface area contributed by atoms with Gasteiger partial charge in [0.2, 0.25) is 0 Å². The highest BCUT2D eigenvalue weighted by Gasteiger charge is 2.35. The quantitative estimate of drug-likeness (QED) is 0.321. The number of aromatic nitrogens is 2. The van der Waals surface area contributed by atoms with Crippen molar-refractivity contribution < 1.29 is 4.79 Å². The van der Waals surface area contributed by atoms with Crippen molar-refractivity contribution >= 4 is 52.2 Å². The van der Waals surface area contributed by atoms with Crippen LogP contribution in [0.3, 0.4) is 0 Å². The van der Waals surface area contributed by atoms with Crippen molar-refractivity contribution in [2.45, 2.75) is 60.3 Å². The fraction of sp³-hybridized carbons (Fsp3) is 0.393. The molecule has 3 aromatic rings. The van der Waals surface area contributed by atoms with E-state index in [0.717, 1.165) is 52.5 Å². The first-order valence-corrected chi connectivity index (χ1v) is 13.6. The molecule has 184 valence electrons. The van der Waals surface area contributed by atoms with Gasteiger partial charge in [0.25, 0.3) is 5.91 Å². The molecular formula is C28H31Cl2N3OS. The number of unbranched alkanes of at least 4 members (excludes halogenated alkanes) is 1. The summed E-state index contributed by atoms with van der Waals surface area (Å²) in [6.45, 7) is 10.3. The minimum atomic E-state index is -0.479. The average molecular weight is 529 g/mol. The van der Waals surface area contributed by atoms with E-state index < -0.39 is 5.41 Å². The number of halogens is 2. The lowest BCUT2D eigenvalue weighted by Crippen LogP contribution is -2.23. The SMILES string of the molecule is CCCC=Cc1ccc(-c2c(C)c(C3=NC(=O)C(C)(C)CC(C)C3)nn2-c2ccc(Cl)cc2Cl)s1. The Morgan fingerprint density at radius 1 is 1.23 bits per heavy atom. The molecule has 2 aromatic heterocycles. The molecule has 4 rings (SSSR count). The molecule has 0 radical (unpaired) electrons. The first-order valence-electron chi connectivity index (χ1n) is 12.0. The van der Waals surface area contributed by atoms with Gasteiger partial charge in [-0.2, -0.15) is 5.10 Å². The average Bonchev–Trinajstić information content (AvgIpc) is 3.34. The summed E-state index contributed by atoms with van der Waals surface area (Å²) >= 11 is 14.5. The van der Waals surface area contributed by atoms with Gasteiger partial charge in [0.1, 0.15) is 5.69 Å². The van der Waals surface area contributed by atoms with Crippen molar-refractivity contribution in [3.05, 3.63) is 62.6 Å². The molecule has 35 heavy (non-hydrogen) atoms. The summed E-state index contributed by atoms with van der Waals surface area (Å²) in [5.41, 5.74) is 3.70. The third kappa shape index (κ3) is 5.47. The van der Waals surface area contributed by atoms with Crippen molar-refractivity contribution in [1.82, 2.24) is 9.78 Å². The molecule has 1 atom stereocenters. The molecule has 1 aliphatic rings. The summed E-state index contributed by atoms with van der Waals surface area (Å²) in [6, 6.07) is 9.67. The second kappa shape index (κ2) is 10.4. The Morgan fingerprint density at radius 2 is 2.00 bits per heavy atom. The third-order valence-electron chi connectivity index (χ3n) is 6.35. The second-order valence-electron chi connectivity index (χ2n) is 9.98. The number of benzene rings is 1. The molecule has 1 amide bonds. The van der Waals surface area contributed by atoms with Crippen LogP contribution in [0.25, 0.3) is 22.3 Å². The molecule has 4 nitrogen and oxygen atoms in total. The van der Waals surface area contributed by atoms with E-state index in [1.165, 1.54) is 4.88 Å². The van der Waals surface area contributed by atoms with Crippen LogP contribution in [0.5, 0.6) is 0 Å². The van der Waals surface area contributed by atoms with Crippen molar-refractivity contribution in [3.63, 3.8) is 0 Å². The van der Waals surface area contributed by atoms with Gasteiger partial charge in [-0.3, -0.25) is 4.79 Å². The zero-order chi connectivity index (χ0) is 25.3. The summed E-state index contributed by atoms with van der Waals surface area (Å²) in [5.74, 6) is 0.232. The van der Waals surface area contributed by atoms with Crippen molar-refractivity contribution in [2.75, 3.05) is 0 Å². The van der Waals surface area contributed by atoms with E-state index in [1.54, 1.807) is 17.4 Å². The van der Waals surface area contributed by atoms with Crippen molar-refractivity contribution in [1.29, 1.82) is 0 Å². The predicted molar refractivity (Wildman–Crippen MR) is 149 cm³/mol. The van der Waals surface area contributed by atoms with E-state index >= 15 is 0 Å². The molecule has 0 N–H and O–H groups in total. The highest BCUT2D eigenvalue weighted by Crippen LogP contribution is 2.39. The van der Waals surface area contributed by atoms with Crippen LogP contribution in [-0.2, 0) is 4.79 Å². The standard InChI is InChI=1S/C28H31Cl2N3OS/c1-6-7-8-9-20-11-13-24(35-20)26-18(3)25(22-14-17(2)16-28(4,5)27(34)31-22)32-33(26)23-12-10-19(29)15-21(23)30/h8-13,15,17H,6-7,14,16H2,1-5H3. The Labute approximate surface area is 221 Å². The van der Waals surface area contributed by atoms with E-state index in [2.05, 4.69) is 50.0 Å². The number of nitrogens with zero attached hydrogens (tertiary/aromatic N) is 3. The first kappa shape index (κ1) is 25.9. The van der Waals surface area contributed by atoms with Crippen LogP contribution in [0.2, 0.25) is 10.0 Å². The third-order valence-corrected chi connectivity index (χ3v) is 7.94. The summed E-state index contributed by atoms with van der Waals surface area (Å²) in [5, 5.41) is 6.09. The van der Waals surface area contributed by atoms with Gasteiger partial charge < -0.3 is 0 Å². The Kier molecular flexibility index (Phi) is 7.70. The van der Waals surface area contributed by atoms with Crippen LogP contribution in [0.1, 0.15) is 69.5 Å². The van der Waals surface area contributed by atoms with Gasteiger partial charge in [-0.25, -0.2) is 9.67 Å². The smallest absolute Gasteiger partial charge is 0.251 e. The van der Waals surface area contributed by atoms with Crippen LogP contribution >= 0.6 is 34.5 Å². The maximum absolute atomic E-state index is 13.0. The summed E-state index contributed by atoms with van der Waals surface area (Å²) < 4.78 is 1.88. The van der Waals surface area contributed by atoms with Crippen LogP contribution < -0.4 is 0 Å². The molecule has 3 heterocycles. The first-order chi connectivity index (χ1) is 16.6.